The van der Waals surface area contributed by atoms with E-state index in [0.29, 0.717) is 10.2 Å². The lowest BCUT2D eigenvalue weighted by Gasteiger charge is -2.20. The van der Waals surface area contributed by atoms with Crippen LogP contribution in [0.25, 0.3) is 0 Å². The van der Waals surface area contributed by atoms with Gasteiger partial charge in [0.15, 0.2) is 0 Å². The number of carbonyl (C=O) groups excluding carboxylic acids is 1. The van der Waals surface area contributed by atoms with Crippen LogP contribution in [-0.4, -0.2) is 5.91 Å². The van der Waals surface area contributed by atoms with Gasteiger partial charge in [0.05, 0.1) is 10.7 Å². The van der Waals surface area contributed by atoms with Crippen LogP contribution >= 0.6 is 27.5 Å². The average molecular weight is 363 g/mol. The van der Waals surface area contributed by atoms with Crippen LogP contribution in [0, 0.1) is 11.7 Å². The molecule has 2 nitrogen and oxygen atoms in total. The van der Waals surface area contributed by atoms with Crippen LogP contribution in [0.15, 0.2) is 16.6 Å². The van der Waals surface area contributed by atoms with Gasteiger partial charge in [-0.15, -0.1) is 0 Å². The number of hydrogen-bond donors (Lipinski definition) is 1. The molecule has 1 N–H and O–H groups in total. The van der Waals surface area contributed by atoms with Gasteiger partial charge in [-0.25, -0.2) is 4.39 Å². The Morgan fingerprint density at radius 2 is 1.80 bits per heavy atom. The molecule has 1 aliphatic rings. The van der Waals surface area contributed by atoms with E-state index in [9.17, 15) is 9.18 Å². The number of nitrogens with one attached hydrogen (secondary N) is 1. The Morgan fingerprint density at radius 1 is 1.20 bits per heavy atom. The molecule has 1 fully saturated rings. The standard InChI is InChI=1S/C15H18BrClFNO/c16-12-8-11(18)9-13(17)14(12)19-15(20)10-6-4-2-1-3-5-7-10/h8-10H,1-7H2,(H,19,20). The molecule has 1 aromatic rings. The van der Waals surface area contributed by atoms with Crippen molar-refractivity contribution < 1.29 is 9.18 Å². The highest BCUT2D eigenvalue weighted by atomic mass is 79.9. The maximum Gasteiger partial charge on any atom is 0.227 e. The Morgan fingerprint density at radius 3 is 2.40 bits per heavy atom. The van der Waals surface area contributed by atoms with Crippen LogP contribution in [0.3, 0.4) is 0 Å². The first kappa shape index (κ1) is 15.8. The van der Waals surface area contributed by atoms with Crippen molar-refractivity contribution in [2.45, 2.75) is 44.9 Å². The van der Waals surface area contributed by atoms with Gasteiger partial charge in [-0.2, -0.15) is 0 Å². The Labute approximate surface area is 132 Å². The molecular weight excluding hydrogens is 345 g/mol. The Bertz CT molecular complexity index is 464. The zero-order valence-electron chi connectivity index (χ0n) is 11.2. The first-order valence-corrected chi connectivity index (χ1v) is 8.20. The first-order chi connectivity index (χ1) is 9.58. The summed E-state index contributed by atoms with van der Waals surface area (Å²) < 4.78 is 13.6. The van der Waals surface area contributed by atoms with E-state index in [1.807, 2.05) is 0 Å². The molecule has 0 aliphatic heterocycles. The fraction of sp³-hybridized carbons (Fsp3) is 0.533. The molecule has 0 unspecified atom stereocenters. The van der Waals surface area contributed by atoms with E-state index in [0.717, 1.165) is 25.7 Å². The van der Waals surface area contributed by atoms with E-state index >= 15 is 0 Å². The molecule has 110 valence electrons. The monoisotopic (exact) mass is 361 g/mol. The number of amides is 1. The van der Waals surface area contributed by atoms with Crippen molar-refractivity contribution in [3.63, 3.8) is 0 Å². The Hall–Kier alpha value is -0.610. The molecule has 2 rings (SSSR count). The van der Waals surface area contributed by atoms with Crippen molar-refractivity contribution in [2.24, 2.45) is 5.92 Å². The summed E-state index contributed by atoms with van der Waals surface area (Å²) in [5.41, 5.74) is 0.458. The summed E-state index contributed by atoms with van der Waals surface area (Å²) >= 11 is 9.23. The third-order valence-corrected chi connectivity index (χ3v) is 4.65. The molecule has 0 radical (unpaired) electrons. The van der Waals surface area contributed by atoms with Gasteiger partial charge in [0.25, 0.3) is 0 Å². The van der Waals surface area contributed by atoms with Crippen molar-refractivity contribution in [1.29, 1.82) is 0 Å². The minimum Gasteiger partial charge on any atom is -0.324 e. The van der Waals surface area contributed by atoms with E-state index in [1.165, 1.54) is 31.4 Å². The number of rotatable bonds is 2. The molecule has 0 saturated heterocycles. The van der Waals surface area contributed by atoms with Crippen LogP contribution in [0.1, 0.15) is 44.9 Å². The van der Waals surface area contributed by atoms with Crippen molar-refractivity contribution in [2.75, 3.05) is 5.32 Å². The molecular formula is C15H18BrClFNO. The largest absolute Gasteiger partial charge is 0.324 e. The Balaban J connectivity index is 2.06. The second-order valence-electron chi connectivity index (χ2n) is 5.28. The maximum absolute atomic E-state index is 13.2. The van der Waals surface area contributed by atoms with Crippen molar-refractivity contribution in [3.8, 4) is 0 Å². The predicted octanol–water partition coefficient (Wildman–Crippen LogP) is 5.54. The van der Waals surface area contributed by atoms with Crippen LogP contribution in [0.4, 0.5) is 10.1 Å². The van der Waals surface area contributed by atoms with Gasteiger partial charge >= 0.3 is 0 Å². The molecule has 1 aromatic carbocycles. The van der Waals surface area contributed by atoms with E-state index in [-0.39, 0.29) is 16.8 Å². The number of hydrogen-bond acceptors (Lipinski definition) is 1. The van der Waals surface area contributed by atoms with Gasteiger partial charge in [-0.05, 0) is 40.9 Å². The van der Waals surface area contributed by atoms with E-state index < -0.39 is 5.82 Å². The molecule has 0 spiro atoms. The molecule has 0 bridgehead atoms. The lowest BCUT2D eigenvalue weighted by molar-refractivity contribution is -0.120. The summed E-state index contributed by atoms with van der Waals surface area (Å²) in [6, 6.07) is 2.51. The van der Waals surface area contributed by atoms with Gasteiger partial charge in [-0.3, -0.25) is 4.79 Å². The zero-order chi connectivity index (χ0) is 14.5. The predicted molar refractivity (Wildman–Crippen MR) is 83.5 cm³/mol. The van der Waals surface area contributed by atoms with Crippen LogP contribution in [0.2, 0.25) is 5.02 Å². The highest BCUT2D eigenvalue weighted by Gasteiger charge is 2.21. The number of carbonyl (C=O) groups is 1. The minimum atomic E-state index is -0.425. The summed E-state index contributed by atoms with van der Waals surface area (Å²) in [6.45, 7) is 0. The molecule has 1 saturated carbocycles. The summed E-state index contributed by atoms with van der Waals surface area (Å²) in [7, 11) is 0. The summed E-state index contributed by atoms with van der Waals surface area (Å²) in [5, 5.41) is 3.06. The zero-order valence-corrected chi connectivity index (χ0v) is 13.6. The second-order valence-corrected chi connectivity index (χ2v) is 6.54. The normalized spacial score (nSPS) is 17.4. The van der Waals surface area contributed by atoms with Gasteiger partial charge in [0.2, 0.25) is 5.91 Å². The third-order valence-electron chi connectivity index (χ3n) is 3.73. The molecule has 0 aromatic heterocycles. The summed E-state index contributed by atoms with van der Waals surface area (Å²) in [4.78, 5) is 12.3. The fourth-order valence-corrected chi connectivity index (χ4v) is 3.50. The molecule has 1 amide bonds. The summed E-state index contributed by atoms with van der Waals surface area (Å²) in [5.74, 6) is -0.407. The lowest BCUT2D eigenvalue weighted by atomic mass is 9.90. The number of halogens is 3. The van der Waals surface area contributed by atoms with Crippen LogP contribution in [-0.2, 0) is 4.79 Å². The highest BCUT2D eigenvalue weighted by molar-refractivity contribution is 9.10. The first-order valence-electron chi connectivity index (χ1n) is 7.03. The van der Waals surface area contributed by atoms with Gasteiger partial charge in [-0.1, -0.05) is 43.7 Å². The highest BCUT2D eigenvalue weighted by Crippen LogP contribution is 2.33. The third kappa shape index (κ3) is 4.19. The van der Waals surface area contributed by atoms with Crippen LogP contribution in [0.5, 0.6) is 0 Å². The minimum absolute atomic E-state index is 0.0129. The van der Waals surface area contributed by atoms with E-state index in [2.05, 4.69) is 21.2 Å². The second kappa shape index (κ2) is 7.41. The Kier molecular flexibility index (Phi) is 5.85. The quantitative estimate of drug-likeness (QED) is 0.735. The molecule has 1 aliphatic carbocycles. The van der Waals surface area contributed by atoms with Crippen LogP contribution < -0.4 is 5.32 Å². The molecule has 20 heavy (non-hydrogen) atoms. The van der Waals surface area contributed by atoms with Gasteiger partial charge < -0.3 is 5.32 Å². The lowest BCUT2D eigenvalue weighted by Crippen LogP contribution is -2.24. The van der Waals surface area contributed by atoms with Crippen molar-refractivity contribution in [3.05, 3.63) is 27.4 Å². The van der Waals surface area contributed by atoms with E-state index in [1.54, 1.807) is 0 Å². The topological polar surface area (TPSA) is 29.1 Å². The molecule has 0 heterocycles. The van der Waals surface area contributed by atoms with Gasteiger partial charge in [0, 0.05) is 10.4 Å². The maximum atomic E-state index is 13.2. The molecule has 5 heteroatoms. The molecule has 0 atom stereocenters. The van der Waals surface area contributed by atoms with Gasteiger partial charge in [0.1, 0.15) is 5.82 Å². The van der Waals surface area contributed by atoms with E-state index in [4.69, 9.17) is 11.6 Å². The average Bonchev–Trinajstić information content (AvgIpc) is 2.33. The SMILES string of the molecule is O=C(Nc1c(Cl)cc(F)cc1Br)C1CCCCCCC1. The van der Waals surface area contributed by atoms with Crippen molar-refractivity contribution >= 4 is 39.1 Å². The number of anilines is 1. The van der Waals surface area contributed by atoms with Crippen molar-refractivity contribution in [1.82, 2.24) is 0 Å². The number of benzene rings is 1. The fourth-order valence-electron chi connectivity index (χ4n) is 2.61. The smallest absolute Gasteiger partial charge is 0.227 e. The summed E-state index contributed by atoms with van der Waals surface area (Å²) in [6.07, 6.45) is 7.69.